The second-order valence-corrected chi connectivity index (χ2v) is 9.13. The van der Waals surface area contributed by atoms with E-state index in [9.17, 15) is 14.0 Å². The molecule has 1 amide bonds. The van der Waals surface area contributed by atoms with Crippen molar-refractivity contribution in [2.24, 2.45) is 0 Å². The SMILES string of the molecule is C=CC(=O)N1CC[C@H](n2cc(C#Cc3c(F)cn4cc(C5CC5)nc4c3F)c3c(N)n[nH]c(=O)c32)C1. The number of nitrogens with zero attached hydrogens (tertiary/aromatic N) is 5. The summed E-state index contributed by atoms with van der Waals surface area (Å²) in [5, 5.41) is 6.50. The van der Waals surface area contributed by atoms with Gasteiger partial charge in [0, 0.05) is 37.6 Å². The van der Waals surface area contributed by atoms with Gasteiger partial charge in [-0.05, 0) is 25.3 Å². The Balaban J connectivity index is 1.45. The number of fused-ring (bicyclic) bond motifs is 2. The third-order valence-electron chi connectivity index (χ3n) is 6.80. The number of pyridine rings is 1. The van der Waals surface area contributed by atoms with Crippen molar-refractivity contribution in [2.75, 3.05) is 18.8 Å². The van der Waals surface area contributed by atoms with Gasteiger partial charge in [0.1, 0.15) is 11.1 Å². The van der Waals surface area contributed by atoms with Crippen molar-refractivity contribution in [3.05, 3.63) is 70.1 Å². The summed E-state index contributed by atoms with van der Waals surface area (Å²) in [5.41, 5.74) is 6.46. The fourth-order valence-corrected chi connectivity index (χ4v) is 4.81. The first kappa shape index (κ1) is 22.0. The van der Waals surface area contributed by atoms with Crippen molar-refractivity contribution >= 4 is 28.3 Å². The van der Waals surface area contributed by atoms with Gasteiger partial charge >= 0.3 is 0 Å². The first-order valence-electron chi connectivity index (χ1n) is 11.5. The summed E-state index contributed by atoms with van der Waals surface area (Å²) in [6.45, 7) is 4.38. The monoisotopic (exact) mass is 489 g/mol. The molecule has 182 valence electrons. The Morgan fingerprint density at radius 1 is 1.22 bits per heavy atom. The predicted octanol–water partition coefficient (Wildman–Crippen LogP) is 2.47. The van der Waals surface area contributed by atoms with Crippen molar-refractivity contribution in [1.29, 1.82) is 0 Å². The molecule has 5 heterocycles. The van der Waals surface area contributed by atoms with Gasteiger partial charge in [-0.1, -0.05) is 18.4 Å². The van der Waals surface area contributed by atoms with E-state index in [2.05, 4.69) is 33.6 Å². The Morgan fingerprint density at radius 3 is 2.78 bits per heavy atom. The Morgan fingerprint density at radius 2 is 2.03 bits per heavy atom. The summed E-state index contributed by atoms with van der Waals surface area (Å²) in [7, 11) is 0. The van der Waals surface area contributed by atoms with Crippen LogP contribution in [0, 0.1) is 23.5 Å². The van der Waals surface area contributed by atoms with Gasteiger partial charge < -0.3 is 19.6 Å². The minimum atomic E-state index is -0.851. The summed E-state index contributed by atoms with van der Waals surface area (Å²) in [5.74, 6) is 3.82. The number of aromatic nitrogens is 5. The molecule has 1 saturated heterocycles. The number of rotatable bonds is 3. The highest BCUT2D eigenvalue weighted by atomic mass is 19.1. The van der Waals surface area contributed by atoms with Crippen LogP contribution in [0.25, 0.3) is 16.6 Å². The largest absolute Gasteiger partial charge is 0.382 e. The molecule has 2 aliphatic rings. The summed E-state index contributed by atoms with van der Waals surface area (Å²) in [4.78, 5) is 30.7. The lowest BCUT2D eigenvalue weighted by molar-refractivity contribution is -0.125. The van der Waals surface area contributed by atoms with Gasteiger partial charge in [-0.2, -0.15) is 5.10 Å². The molecule has 1 atom stereocenters. The molecule has 0 bridgehead atoms. The van der Waals surface area contributed by atoms with Crippen LogP contribution in [-0.4, -0.2) is 48.0 Å². The van der Waals surface area contributed by atoms with Crippen LogP contribution in [-0.2, 0) is 4.79 Å². The van der Waals surface area contributed by atoms with Crippen molar-refractivity contribution < 1.29 is 13.6 Å². The Bertz CT molecular complexity index is 1700. The number of hydrogen-bond donors (Lipinski definition) is 2. The van der Waals surface area contributed by atoms with Gasteiger partial charge in [0.2, 0.25) is 5.91 Å². The predicted molar refractivity (Wildman–Crippen MR) is 128 cm³/mol. The second-order valence-electron chi connectivity index (χ2n) is 9.13. The number of anilines is 1. The van der Waals surface area contributed by atoms with Crippen LogP contribution in [0.4, 0.5) is 14.6 Å². The Labute approximate surface area is 203 Å². The number of likely N-dealkylation sites (tertiary alicyclic amines) is 1. The third kappa shape index (κ3) is 3.45. The number of nitrogens with two attached hydrogens (primary N) is 1. The first-order chi connectivity index (χ1) is 17.4. The van der Waals surface area contributed by atoms with E-state index < -0.39 is 22.8 Å². The van der Waals surface area contributed by atoms with E-state index in [4.69, 9.17) is 5.73 Å². The maximum atomic E-state index is 15.2. The molecule has 2 fully saturated rings. The number of carbonyl (C=O) groups excluding carboxylic acids is 1. The fourth-order valence-electron chi connectivity index (χ4n) is 4.81. The number of nitrogens with one attached hydrogen (secondary N) is 1. The lowest BCUT2D eigenvalue weighted by Gasteiger charge is -2.16. The van der Waals surface area contributed by atoms with Crippen LogP contribution in [0.15, 0.2) is 36.0 Å². The lowest BCUT2D eigenvalue weighted by atomic mass is 10.2. The van der Waals surface area contributed by atoms with Crippen LogP contribution in [0.1, 0.15) is 48.0 Å². The maximum absolute atomic E-state index is 15.2. The molecule has 3 N–H and O–H groups in total. The standard InChI is InChI=1S/C25H21F2N7O2/c1-2-19(35)32-8-7-15(10-32)34-9-14(20-22(34)25(36)31-30-23(20)28)5-6-16-17(26)11-33-12-18(13-3-4-13)29-24(33)21(16)27/h2,9,11-13,15H,1,3-4,7-8,10H2,(H2,28,30)(H,31,36)/t15-/m0/s1. The number of carbonyl (C=O) groups is 1. The van der Waals surface area contributed by atoms with Crippen LogP contribution in [0.2, 0.25) is 0 Å². The molecule has 9 nitrogen and oxygen atoms in total. The number of nitrogen functional groups attached to an aromatic ring is 1. The zero-order valence-corrected chi connectivity index (χ0v) is 19.1. The zero-order valence-electron chi connectivity index (χ0n) is 19.1. The molecular weight excluding hydrogens is 468 g/mol. The van der Waals surface area contributed by atoms with E-state index in [-0.39, 0.29) is 34.8 Å². The highest BCUT2D eigenvalue weighted by Gasteiger charge is 2.29. The van der Waals surface area contributed by atoms with Crippen molar-refractivity contribution in [1.82, 2.24) is 29.0 Å². The van der Waals surface area contributed by atoms with Crippen molar-refractivity contribution in [3.63, 3.8) is 0 Å². The smallest absolute Gasteiger partial charge is 0.288 e. The molecule has 1 aliphatic carbocycles. The minimum Gasteiger partial charge on any atom is -0.382 e. The molecule has 0 unspecified atom stereocenters. The number of H-pyrrole nitrogens is 1. The van der Waals surface area contributed by atoms with E-state index >= 15 is 4.39 Å². The Hall–Kier alpha value is -4.46. The van der Waals surface area contributed by atoms with E-state index in [1.54, 1.807) is 21.9 Å². The molecule has 36 heavy (non-hydrogen) atoms. The second kappa shape index (κ2) is 8.05. The highest BCUT2D eigenvalue weighted by molar-refractivity contribution is 5.94. The number of hydrogen-bond acceptors (Lipinski definition) is 5. The molecule has 11 heteroatoms. The molecule has 0 aromatic carbocycles. The molecule has 0 spiro atoms. The van der Waals surface area contributed by atoms with E-state index in [0.29, 0.717) is 30.5 Å². The first-order valence-corrected chi connectivity index (χ1v) is 11.5. The summed E-state index contributed by atoms with van der Waals surface area (Å²) < 4.78 is 33.1. The average Bonchev–Trinajstić information content (AvgIpc) is 3.27. The van der Waals surface area contributed by atoms with Gasteiger partial charge in [-0.25, -0.2) is 18.9 Å². The topological polar surface area (TPSA) is 114 Å². The van der Waals surface area contributed by atoms with Crippen LogP contribution < -0.4 is 11.3 Å². The number of amides is 1. The number of aromatic amines is 1. The minimum absolute atomic E-state index is 0.0144. The number of imidazole rings is 1. The average molecular weight is 489 g/mol. The van der Waals surface area contributed by atoms with E-state index in [1.165, 1.54) is 10.5 Å². The fraction of sp³-hybridized carbons (Fsp3) is 0.280. The maximum Gasteiger partial charge on any atom is 0.288 e. The molecule has 1 aliphatic heterocycles. The van der Waals surface area contributed by atoms with E-state index in [0.717, 1.165) is 24.7 Å². The molecule has 4 aromatic rings. The third-order valence-corrected chi connectivity index (χ3v) is 6.80. The van der Waals surface area contributed by atoms with E-state index in [1.807, 2.05) is 0 Å². The van der Waals surface area contributed by atoms with Gasteiger partial charge in [0.15, 0.2) is 23.1 Å². The van der Waals surface area contributed by atoms with Crippen molar-refractivity contribution in [3.8, 4) is 11.8 Å². The highest BCUT2D eigenvalue weighted by Crippen LogP contribution is 2.39. The normalized spacial score (nSPS) is 17.5. The lowest BCUT2D eigenvalue weighted by Crippen LogP contribution is -2.27. The molecule has 1 saturated carbocycles. The quantitative estimate of drug-likeness (QED) is 0.339. The molecule has 0 radical (unpaired) electrons. The molecule has 4 aromatic heterocycles. The Kier molecular flexibility index (Phi) is 4.93. The molecular formula is C25H21F2N7O2. The van der Waals surface area contributed by atoms with Crippen LogP contribution in [0.5, 0.6) is 0 Å². The summed E-state index contributed by atoms with van der Waals surface area (Å²) >= 11 is 0. The zero-order chi connectivity index (χ0) is 25.1. The summed E-state index contributed by atoms with van der Waals surface area (Å²) in [6.07, 6.45) is 8.24. The van der Waals surface area contributed by atoms with Gasteiger partial charge in [-0.3, -0.25) is 9.59 Å². The van der Waals surface area contributed by atoms with Gasteiger partial charge in [-0.15, -0.1) is 0 Å². The summed E-state index contributed by atoms with van der Waals surface area (Å²) in [6, 6.07) is -0.217. The van der Waals surface area contributed by atoms with Gasteiger partial charge in [0.05, 0.1) is 22.7 Å². The molecule has 6 rings (SSSR count). The van der Waals surface area contributed by atoms with Gasteiger partial charge in [0.25, 0.3) is 5.56 Å². The van der Waals surface area contributed by atoms with Crippen LogP contribution in [0.3, 0.4) is 0 Å². The van der Waals surface area contributed by atoms with Crippen molar-refractivity contribution in [2.45, 2.75) is 31.2 Å². The number of halogens is 2. The van der Waals surface area contributed by atoms with Crippen LogP contribution >= 0.6 is 0 Å².